The van der Waals surface area contributed by atoms with Crippen molar-refractivity contribution < 1.29 is 12.8 Å². The molecule has 0 spiro atoms. The number of anilines is 3. The van der Waals surface area contributed by atoms with Gasteiger partial charge in [-0.05, 0) is 12.1 Å². The van der Waals surface area contributed by atoms with Gasteiger partial charge in [0.15, 0.2) is 5.75 Å². The fraction of sp³-hybridized carbons (Fsp3) is 0.176. The number of phenols is 1. The van der Waals surface area contributed by atoms with Crippen LogP contribution in [-0.4, -0.2) is 35.0 Å². The molecular formula is C17H20N4O4S. The molecule has 0 radical (unpaired) electrons. The minimum atomic E-state index is -0.685. The van der Waals surface area contributed by atoms with Crippen LogP contribution in [0.2, 0.25) is 0 Å². The highest BCUT2D eigenvalue weighted by molar-refractivity contribution is 7.09. The number of aromatic hydroxyl groups is 1. The van der Waals surface area contributed by atoms with Crippen LogP contribution in [-0.2, 0) is 6.54 Å². The normalized spacial score (nSPS) is 10.7. The predicted octanol–water partition coefficient (Wildman–Crippen LogP) is 1.99. The summed E-state index contributed by atoms with van der Waals surface area (Å²) < 4.78 is 0. The van der Waals surface area contributed by atoms with E-state index in [4.69, 9.17) is 0 Å². The largest absolute Gasteiger partial charge is 0.505 e. The summed E-state index contributed by atoms with van der Waals surface area (Å²) in [5.74, 6) is -0.664. The molecule has 0 saturated heterocycles. The Kier molecular flexibility index (Phi) is 4.72. The lowest BCUT2D eigenvalue weighted by Gasteiger charge is -2.17. The second kappa shape index (κ2) is 6.96. The molecule has 0 unspecified atom stereocenters. The van der Waals surface area contributed by atoms with E-state index in [-0.39, 0.29) is 37.1 Å². The number of rotatable bonds is 6. The topological polar surface area (TPSA) is 112 Å². The van der Waals surface area contributed by atoms with Crippen molar-refractivity contribution in [3.63, 3.8) is 0 Å². The summed E-state index contributed by atoms with van der Waals surface area (Å²) in [6, 6.07) is 4.57. The van der Waals surface area contributed by atoms with Crippen molar-refractivity contribution in [3.8, 4) is 5.75 Å². The Balaban J connectivity index is 0.00000196. The monoisotopic (exact) mass is 376 g/mol. The van der Waals surface area contributed by atoms with E-state index in [1.54, 1.807) is 26.4 Å². The van der Waals surface area contributed by atoms with Crippen molar-refractivity contribution >= 4 is 34.3 Å². The standard InChI is InChI=1S/C17H16N4O4S.2H2/c1-21(2)17(25)9-4-3-5-10(14(9)22)20-13-12(15(23)16(13)24)19-8-11-18-6-7-26-11;;/h3-7,19-20,22H,8H2,1-2H3;2*1H. The number of aromatic nitrogens is 1. The van der Waals surface area contributed by atoms with Gasteiger partial charge in [0.25, 0.3) is 16.8 Å². The number of benzene rings is 1. The first-order chi connectivity index (χ1) is 12.4. The molecule has 1 aromatic heterocycles. The van der Waals surface area contributed by atoms with Crippen LogP contribution in [0.1, 0.15) is 18.2 Å². The molecule has 138 valence electrons. The van der Waals surface area contributed by atoms with Gasteiger partial charge in [-0.25, -0.2) is 4.98 Å². The van der Waals surface area contributed by atoms with E-state index < -0.39 is 10.9 Å². The first-order valence-corrected chi connectivity index (χ1v) is 8.54. The van der Waals surface area contributed by atoms with Crippen molar-refractivity contribution in [1.29, 1.82) is 0 Å². The summed E-state index contributed by atoms with van der Waals surface area (Å²) in [4.78, 5) is 41.2. The number of para-hydroxylation sites is 1. The lowest BCUT2D eigenvalue weighted by atomic mass is 10.1. The van der Waals surface area contributed by atoms with Crippen LogP contribution in [0.4, 0.5) is 17.1 Å². The van der Waals surface area contributed by atoms with Crippen LogP contribution in [0.3, 0.4) is 0 Å². The first kappa shape index (κ1) is 17.6. The molecule has 0 aliphatic heterocycles. The van der Waals surface area contributed by atoms with Crippen LogP contribution >= 0.6 is 11.3 Å². The molecule has 1 heterocycles. The Morgan fingerprint density at radius 1 is 1.27 bits per heavy atom. The molecule has 0 saturated carbocycles. The number of thiazole rings is 1. The highest BCUT2D eigenvalue weighted by Crippen LogP contribution is 2.32. The molecule has 26 heavy (non-hydrogen) atoms. The van der Waals surface area contributed by atoms with Crippen LogP contribution < -0.4 is 21.5 Å². The molecule has 3 rings (SSSR count). The SMILES string of the molecule is CN(C)C(=O)c1cccc(Nc2c(NCc3nccs3)c(=O)c2=O)c1O.[HH].[HH]. The Labute approximate surface area is 155 Å². The number of hydrogen-bond donors (Lipinski definition) is 3. The average molecular weight is 376 g/mol. The van der Waals surface area contributed by atoms with Gasteiger partial charge < -0.3 is 20.6 Å². The van der Waals surface area contributed by atoms with Gasteiger partial charge in [0.2, 0.25) is 0 Å². The maximum atomic E-state index is 12.1. The molecular weight excluding hydrogens is 356 g/mol. The fourth-order valence-corrected chi connectivity index (χ4v) is 2.93. The number of carbonyl (C=O) groups excluding carboxylic acids is 1. The van der Waals surface area contributed by atoms with E-state index in [2.05, 4.69) is 15.6 Å². The molecule has 9 heteroatoms. The van der Waals surface area contributed by atoms with E-state index in [9.17, 15) is 19.5 Å². The zero-order chi connectivity index (χ0) is 18.8. The van der Waals surface area contributed by atoms with Gasteiger partial charge in [0.1, 0.15) is 16.4 Å². The molecule has 0 bridgehead atoms. The number of carbonyl (C=O) groups is 1. The van der Waals surface area contributed by atoms with E-state index in [1.807, 2.05) is 5.38 Å². The molecule has 0 fully saturated rings. The smallest absolute Gasteiger partial charge is 0.257 e. The van der Waals surface area contributed by atoms with E-state index >= 15 is 0 Å². The molecule has 2 aromatic carbocycles. The van der Waals surface area contributed by atoms with Crippen LogP contribution in [0, 0.1) is 0 Å². The Bertz CT molecular complexity index is 1030. The zero-order valence-electron chi connectivity index (χ0n) is 14.1. The van der Waals surface area contributed by atoms with Gasteiger partial charge in [0.05, 0.1) is 17.8 Å². The van der Waals surface area contributed by atoms with E-state index in [0.29, 0.717) is 6.54 Å². The van der Waals surface area contributed by atoms with Crippen molar-refractivity contribution in [1.82, 2.24) is 9.88 Å². The lowest BCUT2D eigenvalue weighted by Crippen LogP contribution is -2.36. The van der Waals surface area contributed by atoms with E-state index in [1.165, 1.54) is 28.4 Å². The number of phenolic OH excluding ortho intramolecular Hbond substituents is 1. The predicted molar refractivity (Wildman–Crippen MR) is 104 cm³/mol. The molecule has 0 atom stereocenters. The number of amides is 1. The summed E-state index contributed by atoms with van der Waals surface area (Å²) in [6.45, 7) is 0.308. The minimum absolute atomic E-state index is 0. The van der Waals surface area contributed by atoms with Gasteiger partial charge in [-0.15, -0.1) is 11.3 Å². The molecule has 0 aliphatic carbocycles. The van der Waals surface area contributed by atoms with Crippen LogP contribution in [0.25, 0.3) is 0 Å². The average Bonchev–Trinajstić information content (AvgIpc) is 3.14. The molecule has 3 aromatic rings. The third-order valence-electron chi connectivity index (χ3n) is 3.74. The number of nitrogens with zero attached hydrogens (tertiary/aromatic N) is 2. The second-order valence-electron chi connectivity index (χ2n) is 5.71. The summed E-state index contributed by atoms with van der Waals surface area (Å²) in [5.41, 5.74) is -0.872. The summed E-state index contributed by atoms with van der Waals surface area (Å²) in [7, 11) is 3.14. The Morgan fingerprint density at radius 2 is 2.00 bits per heavy atom. The molecule has 0 aliphatic rings. The van der Waals surface area contributed by atoms with Crippen molar-refractivity contribution in [2.75, 3.05) is 24.7 Å². The molecule has 1 amide bonds. The number of nitrogens with one attached hydrogen (secondary N) is 2. The van der Waals surface area contributed by atoms with Crippen LogP contribution in [0.5, 0.6) is 5.75 Å². The highest BCUT2D eigenvalue weighted by Gasteiger charge is 2.23. The van der Waals surface area contributed by atoms with E-state index in [0.717, 1.165) is 5.01 Å². The second-order valence-corrected chi connectivity index (χ2v) is 6.69. The summed E-state index contributed by atoms with van der Waals surface area (Å²) in [5, 5.41) is 18.6. The van der Waals surface area contributed by atoms with Gasteiger partial charge in [-0.1, -0.05) is 6.07 Å². The minimum Gasteiger partial charge on any atom is -0.505 e. The fourth-order valence-electron chi connectivity index (χ4n) is 2.38. The van der Waals surface area contributed by atoms with Gasteiger partial charge >= 0.3 is 0 Å². The quantitative estimate of drug-likeness (QED) is 0.445. The van der Waals surface area contributed by atoms with Crippen LogP contribution in [0.15, 0.2) is 39.4 Å². The van der Waals surface area contributed by atoms with Gasteiger partial charge in [0, 0.05) is 28.5 Å². The Hall–Kier alpha value is -3.20. The molecule has 8 nitrogen and oxygen atoms in total. The first-order valence-electron chi connectivity index (χ1n) is 7.66. The zero-order valence-corrected chi connectivity index (χ0v) is 14.9. The van der Waals surface area contributed by atoms with Crippen molar-refractivity contribution in [2.24, 2.45) is 0 Å². The lowest BCUT2D eigenvalue weighted by molar-refractivity contribution is 0.0824. The third-order valence-corrected chi connectivity index (χ3v) is 4.52. The van der Waals surface area contributed by atoms with Crippen molar-refractivity contribution in [2.45, 2.75) is 6.54 Å². The Morgan fingerprint density at radius 3 is 2.65 bits per heavy atom. The molecule has 3 N–H and O–H groups in total. The summed E-state index contributed by atoms with van der Waals surface area (Å²) >= 11 is 1.42. The van der Waals surface area contributed by atoms with Gasteiger partial charge in [-0.2, -0.15) is 0 Å². The maximum Gasteiger partial charge on any atom is 0.257 e. The third kappa shape index (κ3) is 3.16. The number of hydrogen-bond acceptors (Lipinski definition) is 8. The van der Waals surface area contributed by atoms with Gasteiger partial charge in [-0.3, -0.25) is 14.4 Å². The maximum absolute atomic E-state index is 12.1. The van der Waals surface area contributed by atoms with Crippen molar-refractivity contribution in [3.05, 3.63) is 60.8 Å². The highest BCUT2D eigenvalue weighted by atomic mass is 32.1. The summed E-state index contributed by atoms with van der Waals surface area (Å²) in [6.07, 6.45) is 1.65.